The lowest BCUT2D eigenvalue weighted by molar-refractivity contribution is -0.139. The van der Waals surface area contributed by atoms with Gasteiger partial charge in [-0.3, -0.25) is 4.79 Å². The number of hydrogen-bond acceptors (Lipinski definition) is 2. The maximum absolute atomic E-state index is 10.2. The topological polar surface area (TPSA) is 37.3 Å². The minimum Gasteiger partial charge on any atom is -0.481 e. The predicted molar refractivity (Wildman–Crippen MR) is 37.7 cm³/mol. The fourth-order valence-electron chi connectivity index (χ4n) is 0.918. The molecular formula is C6H10O2S. The Kier molecular flexibility index (Phi) is 1.70. The SMILES string of the molecule is CC1(CC(=O)O)CSC1. The molecule has 0 bridgehead atoms. The zero-order chi connectivity index (χ0) is 6.91. The van der Waals surface area contributed by atoms with Gasteiger partial charge in [0.25, 0.3) is 0 Å². The van der Waals surface area contributed by atoms with E-state index in [1.807, 2.05) is 18.7 Å². The zero-order valence-corrected chi connectivity index (χ0v) is 6.20. The first-order chi connectivity index (χ1) is 4.12. The van der Waals surface area contributed by atoms with E-state index < -0.39 is 5.97 Å². The molecule has 0 aromatic heterocycles. The second kappa shape index (κ2) is 2.21. The molecule has 0 aromatic rings. The van der Waals surface area contributed by atoms with Crippen molar-refractivity contribution in [3.63, 3.8) is 0 Å². The van der Waals surface area contributed by atoms with Gasteiger partial charge in [-0.1, -0.05) is 6.92 Å². The van der Waals surface area contributed by atoms with Crippen LogP contribution in [0.4, 0.5) is 0 Å². The van der Waals surface area contributed by atoms with Crippen LogP contribution in [0.3, 0.4) is 0 Å². The van der Waals surface area contributed by atoms with Gasteiger partial charge in [0.05, 0.1) is 6.42 Å². The molecule has 1 fully saturated rings. The molecule has 52 valence electrons. The summed E-state index contributed by atoms with van der Waals surface area (Å²) >= 11 is 1.82. The predicted octanol–water partition coefficient (Wildman–Crippen LogP) is 1.21. The van der Waals surface area contributed by atoms with Crippen molar-refractivity contribution in [1.82, 2.24) is 0 Å². The second-order valence-corrected chi connectivity index (χ2v) is 3.86. The lowest BCUT2D eigenvalue weighted by Crippen LogP contribution is -2.34. The molecule has 2 nitrogen and oxygen atoms in total. The Labute approximate surface area is 58.6 Å². The van der Waals surface area contributed by atoms with Gasteiger partial charge in [-0.15, -0.1) is 0 Å². The minimum atomic E-state index is -0.669. The van der Waals surface area contributed by atoms with E-state index in [0.29, 0.717) is 6.42 Å². The van der Waals surface area contributed by atoms with E-state index in [0.717, 1.165) is 11.5 Å². The molecule has 0 amide bonds. The van der Waals surface area contributed by atoms with Crippen molar-refractivity contribution in [3.05, 3.63) is 0 Å². The van der Waals surface area contributed by atoms with Crippen molar-refractivity contribution in [1.29, 1.82) is 0 Å². The van der Waals surface area contributed by atoms with Gasteiger partial charge in [-0.2, -0.15) is 11.8 Å². The maximum atomic E-state index is 10.2. The molecule has 0 saturated carbocycles. The Hall–Kier alpha value is -0.180. The summed E-state index contributed by atoms with van der Waals surface area (Å²) in [6.45, 7) is 2.03. The van der Waals surface area contributed by atoms with Crippen LogP contribution in [-0.4, -0.2) is 22.6 Å². The van der Waals surface area contributed by atoms with Gasteiger partial charge in [0.2, 0.25) is 0 Å². The third kappa shape index (κ3) is 1.61. The normalized spacial score (nSPS) is 22.8. The Morgan fingerprint density at radius 1 is 1.78 bits per heavy atom. The number of hydrogen-bond donors (Lipinski definition) is 1. The average Bonchev–Trinajstić information content (AvgIpc) is 1.60. The minimum absolute atomic E-state index is 0.108. The molecule has 1 saturated heterocycles. The quantitative estimate of drug-likeness (QED) is 0.636. The Morgan fingerprint density at radius 3 is 2.44 bits per heavy atom. The summed E-state index contributed by atoms with van der Waals surface area (Å²) in [6.07, 6.45) is 0.333. The Balaban J connectivity index is 2.33. The van der Waals surface area contributed by atoms with E-state index in [-0.39, 0.29) is 5.41 Å². The summed E-state index contributed by atoms with van der Waals surface area (Å²) in [4.78, 5) is 10.2. The van der Waals surface area contributed by atoms with E-state index in [4.69, 9.17) is 5.11 Å². The van der Waals surface area contributed by atoms with Crippen LogP contribution >= 0.6 is 11.8 Å². The molecule has 1 N–H and O–H groups in total. The molecule has 0 radical (unpaired) electrons. The third-order valence-electron chi connectivity index (χ3n) is 1.48. The first-order valence-electron chi connectivity index (χ1n) is 2.92. The summed E-state index contributed by atoms with van der Waals surface area (Å²) in [5.74, 6) is 1.36. The third-order valence-corrected chi connectivity index (χ3v) is 3.28. The summed E-state index contributed by atoms with van der Waals surface area (Å²) in [6, 6.07) is 0. The summed E-state index contributed by atoms with van der Waals surface area (Å²) in [7, 11) is 0. The first-order valence-corrected chi connectivity index (χ1v) is 4.07. The van der Waals surface area contributed by atoms with Gasteiger partial charge < -0.3 is 5.11 Å². The molecule has 1 aliphatic heterocycles. The standard InChI is InChI=1S/C6H10O2S/c1-6(2-5(7)8)3-9-4-6/h2-4H2,1H3,(H,7,8). The highest BCUT2D eigenvalue weighted by Crippen LogP contribution is 2.39. The molecule has 1 aliphatic rings. The highest BCUT2D eigenvalue weighted by atomic mass is 32.2. The van der Waals surface area contributed by atoms with Crippen LogP contribution in [0.15, 0.2) is 0 Å². The molecule has 1 heterocycles. The summed E-state index contributed by atoms with van der Waals surface area (Å²) < 4.78 is 0. The molecule has 0 spiro atoms. The number of carboxylic acids is 1. The van der Waals surface area contributed by atoms with Gasteiger partial charge in [0, 0.05) is 11.5 Å². The van der Waals surface area contributed by atoms with Crippen molar-refractivity contribution in [2.45, 2.75) is 13.3 Å². The lowest BCUT2D eigenvalue weighted by atomic mass is 9.91. The number of aliphatic carboxylic acids is 1. The first kappa shape index (κ1) is 6.93. The summed E-state index contributed by atoms with van der Waals surface area (Å²) in [5, 5.41) is 8.40. The number of thioether (sulfide) groups is 1. The zero-order valence-electron chi connectivity index (χ0n) is 5.39. The molecule has 0 atom stereocenters. The van der Waals surface area contributed by atoms with E-state index in [1.54, 1.807) is 0 Å². The fourth-order valence-corrected chi connectivity index (χ4v) is 2.02. The average molecular weight is 146 g/mol. The lowest BCUT2D eigenvalue weighted by Gasteiger charge is -2.35. The largest absolute Gasteiger partial charge is 0.481 e. The van der Waals surface area contributed by atoms with Gasteiger partial charge >= 0.3 is 5.97 Å². The highest BCUT2D eigenvalue weighted by Gasteiger charge is 2.34. The number of carboxylic acid groups (broad SMARTS) is 1. The van der Waals surface area contributed by atoms with Crippen molar-refractivity contribution in [2.75, 3.05) is 11.5 Å². The molecule has 3 heteroatoms. The molecular weight excluding hydrogens is 136 g/mol. The van der Waals surface area contributed by atoms with E-state index in [2.05, 4.69) is 0 Å². The maximum Gasteiger partial charge on any atom is 0.303 e. The number of rotatable bonds is 2. The van der Waals surface area contributed by atoms with Crippen LogP contribution in [0.25, 0.3) is 0 Å². The van der Waals surface area contributed by atoms with Crippen LogP contribution < -0.4 is 0 Å². The van der Waals surface area contributed by atoms with Crippen molar-refractivity contribution in [3.8, 4) is 0 Å². The molecule has 9 heavy (non-hydrogen) atoms. The highest BCUT2D eigenvalue weighted by molar-refractivity contribution is 8.00. The summed E-state index contributed by atoms with van der Waals surface area (Å²) in [5.41, 5.74) is 0.108. The van der Waals surface area contributed by atoms with Gasteiger partial charge in [0.15, 0.2) is 0 Å². The smallest absolute Gasteiger partial charge is 0.303 e. The fraction of sp³-hybridized carbons (Fsp3) is 0.833. The van der Waals surface area contributed by atoms with E-state index in [9.17, 15) is 4.79 Å². The van der Waals surface area contributed by atoms with Crippen molar-refractivity contribution < 1.29 is 9.90 Å². The molecule has 0 unspecified atom stereocenters. The van der Waals surface area contributed by atoms with Crippen LogP contribution in [0.5, 0.6) is 0 Å². The Morgan fingerprint density at radius 2 is 2.33 bits per heavy atom. The van der Waals surface area contributed by atoms with Crippen molar-refractivity contribution in [2.24, 2.45) is 5.41 Å². The van der Waals surface area contributed by atoms with Gasteiger partial charge in [0.1, 0.15) is 0 Å². The molecule has 0 aliphatic carbocycles. The van der Waals surface area contributed by atoms with Gasteiger partial charge in [-0.05, 0) is 5.41 Å². The van der Waals surface area contributed by atoms with Gasteiger partial charge in [-0.25, -0.2) is 0 Å². The molecule has 0 aromatic carbocycles. The Bertz CT molecular complexity index is 129. The van der Waals surface area contributed by atoms with E-state index >= 15 is 0 Å². The van der Waals surface area contributed by atoms with Crippen LogP contribution in [0.1, 0.15) is 13.3 Å². The monoisotopic (exact) mass is 146 g/mol. The second-order valence-electron chi connectivity index (χ2n) is 2.87. The van der Waals surface area contributed by atoms with E-state index in [1.165, 1.54) is 0 Å². The number of carbonyl (C=O) groups is 1. The van der Waals surface area contributed by atoms with Crippen LogP contribution in [0, 0.1) is 5.41 Å². The van der Waals surface area contributed by atoms with Crippen LogP contribution in [-0.2, 0) is 4.79 Å². The molecule has 1 rings (SSSR count). The van der Waals surface area contributed by atoms with Crippen LogP contribution in [0.2, 0.25) is 0 Å². The van der Waals surface area contributed by atoms with Crippen molar-refractivity contribution >= 4 is 17.7 Å².